The van der Waals surface area contributed by atoms with Gasteiger partial charge in [-0.25, -0.2) is 0 Å². The van der Waals surface area contributed by atoms with Gasteiger partial charge in [0.15, 0.2) is 6.10 Å². The normalized spacial score (nSPS) is 32.3. The Bertz CT molecular complexity index is 761. The standard InChI is InChI=1S/C20H28N2O4S/c1-12-11-27-19(25)22(12)4-3-17(23)26-13(2)18(24)21-20-8-14-5-15(9-20)7-16(6-14)10-20/h11,13-16H,3-10H2,1-2H3,(H,21,24)/t13-,14?,15?,16?,20?/m1/s1. The summed E-state index contributed by atoms with van der Waals surface area (Å²) in [5.74, 6) is 1.62. The van der Waals surface area contributed by atoms with E-state index in [0.717, 1.165) is 54.0 Å². The Kier molecular flexibility index (Phi) is 4.91. The average molecular weight is 393 g/mol. The number of carbonyl (C=O) groups is 2. The van der Waals surface area contributed by atoms with Crippen LogP contribution in [0.3, 0.4) is 0 Å². The molecule has 1 aromatic heterocycles. The van der Waals surface area contributed by atoms with E-state index in [4.69, 9.17) is 4.74 Å². The molecule has 0 saturated heterocycles. The Balaban J connectivity index is 1.29. The van der Waals surface area contributed by atoms with Crippen LogP contribution in [0.1, 0.15) is 57.6 Å². The highest BCUT2D eigenvalue weighted by molar-refractivity contribution is 7.07. The van der Waals surface area contributed by atoms with Gasteiger partial charge in [0.2, 0.25) is 0 Å². The number of nitrogens with zero attached hydrogens (tertiary/aromatic N) is 1. The number of ether oxygens (including phenoxy) is 1. The number of aromatic nitrogens is 1. The van der Waals surface area contributed by atoms with Crippen LogP contribution in [0.15, 0.2) is 10.2 Å². The summed E-state index contributed by atoms with van der Waals surface area (Å²) >= 11 is 1.12. The van der Waals surface area contributed by atoms with Crippen LogP contribution in [0.5, 0.6) is 0 Å². The average Bonchev–Trinajstić information content (AvgIpc) is 2.89. The van der Waals surface area contributed by atoms with Gasteiger partial charge in [0, 0.05) is 23.2 Å². The number of thiazole rings is 1. The van der Waals surface area contributed by atoms with E-state index in [1.807, 2.05) is 6.92 Å². The Morgan fingerprint density at radius 3 is 2.37 bits per heavy atom. The van der Waals surface area contributed by atoms with Gasteiger partial charge in [-0.1, -0.05) is 11.3 Å². The third kappa shape index (κ3) is 3.84. The van der Waals surface area contributed by atoms with Gasteiger partial charge >= 0.3 is 10.8 Å². The molecule has 4 fully saturated rings. The maximum atomic E-state index is 12.7. The topological polar surface area (TPSA) is 77.4 Å². The van der Waals surface area contributed by atoms with Gasteiger partial charge in [-0.3, -0.25) is 14.4 Å². The van der Waals surface area contributed by atoms with E-state index < -0.39 is 12.1 Å². The fraction of sp³-hybridized carbons (Fsp3) is 0.750. The smallest absolute Gasteiger partial charge is 0.308 e. The third-order valence-corrected chi connectivity index (χ3v) is 7.50. The Morgan fingerprint density at radius 1 is 1.26 bits per heavy atom. The van der Waals surface area contributed by atoms with Gasteiger partial charge in [0.25, 0.3) is 5.91 Å². The molecule has 4 aliphatic rings. The van der Waals surface area contributed by atoms with E-state index in [-0.39, 0.29) is 29.3 Å². The number of hydrogen-bond acceptors (Lipinski definition) is 5. The minimum atomic E-state index is -0.800. The minimum Gasteiger partial charge on any atom is -0.452 e. The van der Waals surface area contributed by atoms with Crippen LogP contribution < -0.4 is 10.2 Å². The van der Waals surface area contributed by atoms with E-state index in [1.165, 1.54) is 19.3 Å². The van der Waals surface area contributed by atoms with Crippen molar-refractivity contribution in [3.8, 4) is 0 Å². The first kappa shape index (κ1) is 18.7. The van der Waals surface area contributed by atoms with Gasteiger partial charge in [-0.15, -0.1) is 0 Å². The van der Waals surface area contributed by atoms with Crippen molar-refractivity contribution in [1.82, 2.24) is 9.88 Å². The van der Waals surface area contributed by atoms with Crippen LogP contribution >= 0.6 is 11.3 Å². The molecular weight excluding hydrogens is 364 g/mol. The van der Waals surface area contributed by atoms with E-state index in [1.54, 1.807) is 16.9 Å². The number of carbonyl (C=O) groups excluding carboxylic acids is 2. The Labute approximate surface area is 163 Å². The number of nitrogens with one attached hydrogen (secondary N) is 1. The predicted molar refractivity (Wildman–Crippen MR) is 103 cm³/mol. The first-order valence-electron chi connectivity index (χ1n) is 10.00. The minimum absolute atomic E-state index is 0.0758. The summed E-state index contributed by atoms with van der Waals surface area (Å²) in [7, 11) is 0. The molecule has 0 aromatic carbocycles. The molecule has 1 atom stereocenters. The molecule has 1 aromatic rings. The third-order valence-electron chi connectivity index (χ3n) is 6.62. The lowest BCUT2D eigenvalue weighted by Crippen LogP contribution is -2.61. The molecule has 6 nitrogen and oxygen atoms in total. The lowest BCUT2D eigenvalue weighted by molar-refractivity contribution is -0.157. The van der Waals surface area contributed by atoms with Crippen LogP contribution in [-0.4, -0.2) is 28.1 Å². The zero-order chi connectivity index (χ0) is 19.2. The van der Waals surface area contributed by atoms with Crippen molar-refractivity contribution in [2.24, 2.45) is 17.8 Å². The summed E-state index contributed by atoms with van der Waals surface area (Å²) in [6.07, 6.45) is 6.48. The molecule has 1 amide bonds. The van der Waals surface area contributed by atoms with Crippen LogP contribution in [-0.2, 0) is 20.9 Å². The van der Waals surface area contributed by atoms with E-state index in [9.17, 15) is 14.4 Å². The molecule has 0 unspecified atom stereocenters. The number of esters is 1. The number of amides is 1. The molecular formula is C20H28N2O4S. The highest BCUT2D eigenvalue weighted by atomic mass is 32.1. The van der Waals surface area contributed by atoms with Crippen molar-refractivity contribution in [2.75, 3.05) is 0 Å². The van der Waals surface area contributed by atoms with Gasteiger partial charge < -0.3 is 14.6 Å². The second-order valence-electron chi connectivity index (χ2n) is 8.86. The van der Waals surface area contributed by atoms with Gasteiger partial charge in [-0.2, -0.15) is 0 Å². The lowest BCUT2D eigenvalue weighted by Gasteiger charge is -2.57. The largest absolute Gasteiger partial charge is 0.452 e. The van der Waals surface area contributed by atoms with Crippen molar-refractivity contribution in [2.45, 2.75) is 77.0 Å². The van der Waals surface area contributed by atoms with Crippen molar-refractivity contribution < 1.29 is 14.3 Å². The molecule has 4 bridgehead atoms. The zero-order valence-electron chi connectivity index (χ0n) is 16.0. The second kappa shape index (κ2) is 7.08. The first-order valence-corrected chi connectivity index (χ1v) is 10.9. The molecule has 1 N–H and O–H groups in total. The summed E-state index contributed by atoms with van der Waals surface area (Å²) in [5.41, 5.74) is 0.763. The van der Waals surface area contributed by atoms with Gasteiger partial charge in [0.05, 0.1) is 6.42 Å². The van der Waals surface area contributed by atoms with Crippen LogP contribution in [0, 0.1) is 24.7 Å². The Hall–Kier alpha value is -1.63. The SMILES string of the molecule is Cc1csc(=O)n1CCC(=O)O[C@H](C)C(=O)NC12CC3CC(CC(C3)C1)C2. The van der Waals surface area contributed by atoms with Crippen LogP contribution in [0.25, 0.3) is 0 Å². The number of rotatable bonds is 6. The van der Waals surface area contributed by atoms with E-state index in [2.05, 4.69) is 5.32 Å². The maximum Gasteiger partial charge on any atom is 0.308 e. The maximum absolute atomic E-state index is 12.7. The van der Waals surface area contributed by atoms with Gasteiger partial charge in [0.1, 0.15) is 0 Å². The highest BCUT2D eigenvalue weighted by Crippen LogP contribution is 2.55. The summed E-state index contributed by atoms with van der Waals surface area (Å²) in [6, 6.07) is 0. The second-order valence-corrected chi connectivity index (χ2v) is 9.68. The van der Waals surface area contributed by atoms with Crippen molar-refractivity contribution >= 4 is 23.2 Å². The van der Waals surface area contributed by atoms with E-state index >= 15 is 0 Å². The molecule has 7 heteroatoms. The number of aryl methyl sites for hydroxylation is 1. The molecule has 4 aliphatic carbocycles. The molecule has 4 saturated carbocycles. The molecule has 0 radical (unpaired) electrons. The quantitative estimate of drug-likeness (QED) is 0.755. The molecule has 1 heterocycles. The predicted octanol–water partition coefficient (Wildman–Crippen LogP) is 2.63. The first-order chi connectivity index (χ1) is 12.8. The molecule has 5 rings (SSSR count). The van der Waals surface area contributed by atoms with Crippen molar-refractivity contribution in [3.63, 3.8) is 0 Å². The molecule has 27 heavy (non-hydrogen) atoms. The monoisotopic (exact) mass is 392 g/mol. The molecule has 0 aliphatic heterocycles. The summed E-state index contributed by atoms with van der Waals surface area (Å²) in [6.45, 7) is 3.76. The number of hydrogen-bond donors (Lipinski definition) is 1. The summed E-state index contributed by atoms with van der Waals surface area (Å²) in [5, 5.41) is 5.02. The van der Waals surface area contributed by atoms with Crippen LogP contribution in [0.4, 0.5) is 0 Å². The summed E-state index contributed by atoms with van der Waals surface area (Å²) < 4.78 is 6.90. The lowest BCUT2D eigenvalue weighted by atomic mass is 9.53. The van der Waals surface area contributed by atoms with Crippen LogP contribution in [0.2, 0.25) is 0 Å². The van der Waals surface area contributed by atoms with Gasteiger partial charge in [-0.05, 0) is 70.1 Å². The molecule has 0 spiro atoms. The highest BCUT2D eigenvalue weighted by Gasteiger charge is 2.51. The molecule has 148 valence electrons. The Morgan fingerprint density at radius 2 is 1.85 bits per heavy atom. The summed E-state index contributed by atoms with van der Waals surface area (Å²) in [4.78, 5) is 36.4. The fourth-order valence-corrected chi connectivity index (χ4v) is 6.58. The zero-order valence-corrected chi connectivity index (χ0v) is 16.8. The van der Waals surface area contributed by atoms with E-state index in [0.29, 0.717) is 0 Å². The van der Waals surface area contributed by atoms with Crippen molar-refractivity contribution in [3.05, 3.63) is 20.7 Å². The van der Waals surface area contributed by atoms with Crippen molar-refractivity contribution in [1.29, 1.82) is 0 Å². The fourth-order valence-electron chi connectivity index (χ4n) is 5.81.